The van der Waals surface area contributed by atoms with Crippen LogP contribution in [0.2, 0.25) is 0 Å². The molecule has 0 aliphatic carbocycles. The van der Waals surface area contributed by atoms with E-state index in [1.807, 2.05) is 12.1 Å². The first-order valence-electron chi connectivity index (χ1n) is 7.94. The van der Waals surface area contributed by atoms with Crippen molar-refractivity contribution in [1.82, 2.24) is 9.97 Å². The Balaban J connectivity index is 2.21. The van der Waals surface area contributed by atoms with Gasteiger partial charge in [-0.05, 0) is 30.0 Å². The minimum Gasteiger partial charge on any atom is -0.467 e. The summed E-state index contributed by atoms with van der Waals surface area (Å²) in [5, 5.41) is 2.65. The van der Waals surface area contributed by atoms with E-state index in [1.165, 1.54) is 0 Å². The monoisotopic (exact) mass is 393 g/mol. The Morgan fingerprint density at radius 2 is 1.67 bits per heavy atom. The molecule has 4 nitrogen and oxygen atoms in total. The van der Waals surface area contributed by atoms with Crippen LogP contribution >= 0.6 is 0 Å². The summed E-state index contributed by atoms with van der Waals surface area (Å²) < 4.78 is 79.8. The maximum atomic E-state index is 12.9. The zero-order valence-electron chi connectivity index (χ0n) is 14.4. The van der Waals surface area contributed by atoms with Crippen LogP contribution in [0.5, 0.6) is 5.88 Å². The van der Waals surface area contributed by atoms with Crippen molar-refractivity contribution >= 4 is 11.6 Å². The number of ether oxygens (including phenoxy) is 1. The van der Waals surface area contributed by atoms with E-state index in [0.29, 0.717) is 17.8 Å². The van der Waals surface area contributed by atoms with Crippen LogP contribution in [0.25, 0.3) is 0 Å². The summed E-state index contributed by atoms with van der Waals surface area (Å²) >= 11 is 0. The highest BCUT2D eigenvalue weighted by Gasteiger charge is 2.38. The Labute approximate surface area is 151 Å². The summed E-state index contributed by atoms with van der Waals surface area (Å²) in [6, 6.07) is 7.00. The molecule has 0 unspecified atom stereocenters. The van der Waals surface area contributed by atoms with E-state index in [1.54, 1.807) is 12.1 Å². The predicted octanol–water partition coefficient (Wildman–Crippen LogP) is 5.38. The molecule has 0 aliphatic rings. The number of nitrogens with zero attached hydrogens (tertiary/aromatic N) is 2. The third-order valence-electron chi connectivity index (χ3n) is 3.29. The molecule has 0 saturated heterocycles. The van der Waals surface area contributed by atoms with Gasteiger partial charge in [-0.25, -0.2) is 4.98 Å². The molecule has 0 bridgehead atoms. The lowest BCUT2D eigenvalue weighted by atomic mass is 10.0. The van der Waals surface area contributed by atoms with Crippen molar-refractivity contribution in [2.24, 2.45) is 5.92 Å². The Hall–Kier alpha value is -2.52. The van der Waals surface area contributed by atoms with E-state index in [9.17, 15) is 26.3 Å². The topological polar surface area (TPSA) is 47.0 Å². The van der Waals surface area contributed by atoms with Crippen LogP contribution < -0.4 is 10.1 Å². The maximum Gasteiger partial charge on any atom is 0.423 e. The molecular weight excluding hydrogens is 376 g/mol. The van der Waals surface area contributed by atoms with Gasteiger partial charge in [-0.15, -0.1) is 0 Å². The molecule has 148 valence electrons. The zero-order valence-corrected chi connectivity index (χ0v) is 14.4. The standard InChI is InChI=1S/C17H17F6N3O/c1-10(2)7-11-3-5-12(6-4-11)25-15-24-8-13(17(21,22)23)14(26-15)27-9-16(18,19)20/h3-6,8,10H,7,9H2,1-2H3,(H,24,25,26). The van der Waals surface area contributed by atoms with Crippen molar-refractivity contribution in [2.45, 2.75) is 32.6 Å². The first kappa shape index (κ1) is 20.8. The molecule has 1 N–H and O–H groups in total. The van der Waals surface area contributed by atoms with Gasteiger partial charge >= 0.3 is 12.4 Å². The van der Waals surface area contributed by atoms with Gasteiger partial charge in [0.2, 0.25) is 11.8 Å². The molecule has 0 atom stereocenters. The predicted molar refractivity (Wildman–Crippen MR) is 86.9 cm³/mol. The van der Waals surface area contributed by atoms with Crippen LogP contribution in [-0.2, 0) is 12.6 Å². The van der Waals surface area contributed by atoms with Gasteiger partial charge in [0, 0.05) is 11.9 Å². The maximum absolute atomic E-state index is 12.9. The van der Waals surface area contributed by atoms with E-state index in [0.717, 1.165) is 12.0 Å². The van der Waals surface area contributed by atoms with Crippen LogP contribution in [0.3, 0.4) is 0 Å². The lowest BCUT2D eigenvalue weighted by molar-refractivity contribution is -0.159. The first-order chi connectivity index (χ1) is 12.4. The summed E-state index contributed by atoms with van der Waals surface area (Å²) in [5.74, 6) is -1.04. The Morgan fingerprint density at radius 1 is 1.04 bits per heavy atom. The largest absolute Gasteiger partial charge is 0.467 e. The molecule has 27 heavy (non-hydrogen) atoms. The van der Waals surface area contributed by atoms with Crippen molar-refractivity contribution in [3.8, 4) is 5.88 Å². The Bertz CT molecular complexity index is 757. The lowest BCUT2D eigenvalue weighted by Gasteiger charge is -2.15. The highest BCUT2D eigenvalue weighted by Crippen LogP contribution is 2.36. The lowest BCUT2D eigenvalue weighted by Crippen LogP contribution is -2.22. The minimum atomic E-state index is -4.95. The fourth-order valence-electron chi connectivity index (χ4n) is 2.21. The van der Waals surface area contributed by atoms with Crippen LogP contribution in [0.15, 0.2) is 30.5 Å². The van der Waals surface area contributed by atoms with E-state index in [2.05, 4.69) is 33.9 Å². The molecule has 1 aromatic heterocycles. The van der Waals surface area contributed by atoms with Crippen molar-refractivity contribution < 1.29 is 31.1 Å². The van der Waals surface area contributed by atoms with Crippen LogP contribution in [-0.4, -0.2) is 22.8 Å². The number of anilines is 2. The van der Waals surface area contributed by atoms with Crippen LogP contribution in [0.4, 0.5) is 38.0 Å². The van der Waals surface area contributed by atoms with Gasteiger partial charge in [-0.2, -0.15) is 31.3 Å². The molecule has 2 aromatic rings. The van der Waals surface area contributed by atoms with Gasteiger partial charge in [0.1, 0.15) is 5.56 Å². The number of hydrogen-bond donors (Lipinski definition) is 1. The highest BCUT2D eigenvalue weighted by atomic mass is 19.4. The third kappa shape index (κ3) is 6.61. The molecule has 0 saturated carbocycles. The number of nitrogens with one attached hydrogen (secondary N) is 1. The molecule has 1 heterocycles. The van der Waals surface area contributed by atoms with Gasteiger partial charge in [0.15, 0.2) is 6.61 Å². The normalized spacial score (nSPS) is 12.3. The Morgan fingerprint density at radius 3 is 2.19 bits per heavy atom. The van der Waals surface area contributed by atoms with E-state index in [-0.39, 0.29) is 5.95 Å². The highest BCUT2D eigenvalue weighted by molar-refractivity contribution is 5.54. The van der Waals surface area contributed by atoms with Gasteiger partial charge in [0.05, 0.1) is 0 Å². The second-order valence-corrected chi connectivity index (χ2v) is 6.23. The summed E-state index contributed by atoms with van der Waals surface area (Å²) in [4.78, 5) is 6.96. The van der Waals surface area contributed by atoms with Gasteiger partial charge in [-0.1, -0.05) is 26.0 Å². The fraction of sp³-hybridized carbons (Fsp3) is 0.412. The SMILES string of the molecule is CC(C)Cc1ccc(Nc2ncc(C(F)(F)F)c(OCC(F)(F)F)n2)cc1. The molecule has 0 spiro atoms. The number of hydrogen-bond acceptors (Lipinski definition) is 4. The molecule has 0 fully saturated rings. The molecule has 0 amide bonds. The molecule has 2 rings (SSSR count). The van der Waals surface area contributed by atoms with Crippen molar-refractivity contribution in [2.75, 3.05) is 11.9 Å². The average molecular weight is 393 g/mol. The second-order valence-electron chi connectivity index (χ2n) is 6.23. The summed E-state index contributed by atoms with van der Waals surface area (Å²) in [7, 11) is 0. The first-order valence-corrected chi connectivity index (χ1v) is 7.94. The number of alkyl halides is 6. The smallest absolute Gasteiger partial charge is 0.423 e. The van der Waals surface area contributed by atoms with Gasteiger partial charge in [0.25, 0.3) is 0 Å². The summed E-state index contributed by atoms with van der Waals surface area (Å²) in [5.41, 5.74) is 0.0618. The fourth-order valence-corrected chi connectivity index (χ4v) is 2.21. The van der Waals surface area contributed by atoms with Crippen LogP contribution in [0.1, 0.15) is 25.0 Å². The third-order valence-corrected chi connectivity index (χ3v) is 3.29. The molecule has 0 radical (unpaired) electrons. The molecular formula is C17H17F6N3O. The number of halogens is 6. The summed E-state index contributed by atoms with van der Waals surface area (Å²) in [6.07, 6.45) is -8.51. The zero-order chi connectivity index (χ0) is 20.2. The Kier molecular flexibility index (Phi) is 6.17. The van der Waals surface area contributed by atoms with E-state index < -0.39 is 30.4 Å². The number of aromatic nitrogens is 2. The van der Waals surface area contributed by atoms with Gasteiger partial charge in [-0.3, -0.25) is 0 Å². The summed E-state index contributed by atoms with van der Waals surface area (Å²) in [6.45, 7) is 2.23. The van der Waals surface area contributed by atoms with Crippen molar-refractivity contribution in [3.05, 3.63) is 41.6 Å². The second kappa shape index (κ2) is 8.01. The van der Waals surface area contributed by atoms with Crippen LogP contribution in [0, 0.1) is 5.92 Å². The van der Waals surface area contributed by atoms with Crippen molar-refractivity contribution in [3.63, 3.8) is 0 Å². The minimum absolute atomic E-state index is 0.309. The quantitative estimate of drug-likeness (QED) is 0.670. The molecule has 10 heteroatoms. The van der Waals surface area contributed by atoms with E-state index in [4.69, 9.17) is 0 Å². The number of benzene rings is 1. The molecule has 0 aliphatic heterocycles. The number of rotatable bonds is 6. The van der Waals surface area contributed by atoms with Gasteiger partial charge < -0.3 is 10.1 Å². The van der Waals surface area contributed by atoms with E-state index >= 15 is 0 Å². The molecule has 1 aromatic carbocycles. The van der Waals surface area contributed by atoms with Crippen molar-refractivity contribution in [1.29, 1.82) is 0 Å². The average Bonchev–Trinajstić information content (AvgIpc) is 2.53.